The molecule has 0 aromatic rings. The third-order valence-electron chi connectivity index (χ3n) is 12.7. The average Bonchev–Trinajstić information content (AvgIpc) is 3.29. The molecule has 0 aliphatic heterocycles. The van der Waals surface area contributed by atoms with E-state index in [9.17, 15) is 14.4 Å². The summed E-state index contributed by atoms with van der Waals surface area (Å²) in [6, 6.07) is 0. The maximum atomic E-state index is 10.3. The van der Waals surface area contributed by atoms with E-state index in [4.69, 9.17) is 15.3 Å². The molecule has 67 heavy (non-hydrogen) atoms. The molecule has 0 saturated carbocycles. The first-order valence-corrected chi connectivity index (χ1v) is 29.0. The van der Waals surface area contributed by atoms with Crippen molar-refractivity contribution in [2.24, 2.45) is 0 Å². The topological polar surface area (TPSA) is 112 Å². The standard InChI is InChI=1S/3C20H38O2.La/c3*1-2-3-4-5-6-7-8-9-10-11-12-13-14-15-16-17-18-19-20(21)22;/h3*18-19H,2-17H2,1H3,(H,21,22);. The molecule has 0 saturated heterocycles. The zero-order valence-electron chi connectivity index (χ0n) is 45.0. The Morgan fingerprint density at radius 3 is 0.478 bits per heavy atom. The minimum atomic E-state index is -0.832. The molecule has 393 valence electrons. The fourth-order valence-corrected chi connectivity index (χ4v) is 8.45. The SMILES string of the molecule is CCCCCCCCCCCCCCCCCC=CC(=O)O.CCCCCCCCCCCCCCCCCC=CC(=O)O.CCCCCCCCCCCCCCCCCC=CC(=O)O.[La]. The van der Waals surface area contributed by atoms with Gasteiger partial charge in [0.25, 0.3) is 0 Å². The normalized spacial score (nSPS) is 11.1. The van der Waals surface area contributed by atoms with Gasteiger partial charge in [-0.25, -0.2) is 14.4 Å². The van der Waals surface area contributed by atoms with E-state index in [2.05, 4.69) is 20.8 Å². The number of aliphatic carboxylic acids is 3. The van der Waals surface area contributed by atoms with Gasteiger partial charge in [0, 0.05) is 53.8 Å². The number of rotatable bonds is 51. The molecule has 0 aliphatic carbocycles. The van der Waals surface area contributed by atoms with Gasteiger partial charge in [-0.05, 0) is 38.5 Å². The van der Waals surface area contributed by atoms with Crippen molar-refractivity contribution in [2.45, 2.75) is 329 Å². The van der Waals surface area contributed by atoms with Gasteiger partial charge < -0.3 is 15.3 Å². The van der Waals surface area contributed by atoms with Crippen LogP contribution in [0, 0.1) is 35.6 Å². The van der Waals surface area contributed by atoms with Crippen LogP contribution in [0.2, 0.25) is 0 Å². The smallest absolute Gasteiger partial charge is 0.327 e. The summed E-state index contributed by atoms with van der Waals surface area (Å²) >= 11 is 0. The van der Waals surface area contributed by atoms with Crippen LogP contribution in [0.4, 0.5) is 0 Å². The first-order valence-electron chi connectivity index (χ1n) is 29.0. The van der Waals surface area contributed by atoms with Crippen molar-refractivity contribution in [1.82, 2.24) is 0 Å². The predicted molar refractivity (Wildman–Crippen MR) is 289 cm³/mol. The molecule has 6 nitrogen and oxygen atoms in total. The third-order valence-corrected chi connectivity index (χ3v) is 12.7. The average molecular weight is 1070 g/mol. The van der Waals surface area contributed by atoms with E-state index < -0.39 is 17.9 Å². The summed E-state index contributed by atoms with van der Waals surface area (Å²) in [6.45, 7) is 6.82. The van der Waals surface area contributed by atoms with Crippen LogP contribution >= 0.6 is 0 Å². The molecule has 0 spiro atoms. The number of allylic oxidation sites excluding steroid dienone is 3. The van der Waals surface area contributed by atoms with Crippen LogP contribution in [-0.4, -0.2) is 33.2 Å². The van der Waals surface area contributed by atoms with Gasteiger partial charge >= 0.3 is 17.9 Å². The van der Waals surface area contributed by atoms with E-state index in [0.29, 0.717) is 0 Å². The van der Waals surface area contributed by atoms with Gasteiger partial charge in [0.15, 0.2) is 0 Å². The molecule has 0 aromatic heterocycles. The van der Waals surface area contributed by atoms with Crippen LogP contribution < -0.4 is 0 Å². The van der Waals surface area contributed by atoms with E-state index in [1.54, 1.807) is 18.2 Å². The predicted octanol–water partition coefficient (Wildman–Crippen LogP) is 20.7. The molecule has 0 fully saturated rings. The van der Waals surface area contributed by atoms with Crippen molar-refractivity contribution in [2.75, 3.05) is 0 Å². The summed E-state index contributed by atoms with van der Waals surface area (Å²) in [5.41, 5.74) is 0. The van der Waals surface area contributed by atoms with Crippen LogP contribution in [0.1, 0.15) is 329 Å². The van der Waals surface area contributed by atoms with Crippen LogP contribution in [0.25, 0.3) is 0 Å². The quantitative estimate of drug-likeness (QED) is 0.0413. The maximum Gasteiger partial charge on any atom is 0.327 e. The molecule has 3 N–H and O–H groups in total. The Kier molecular flexibility index (Phi) is 74.6. The molecule has 1 radical (unpaired) electrons. The largest absolute Gasteiger partial charge is 0.478 e. The number of unbranched alkanes of at least 4 members (excludes halogenated alkanes) is 45. The van der Waals surface area contributed by atoms with Crippen molar-refractivity contribution in [3.8, 4) is 0 Å². The van der Waals surface area contributed by atoms with Crippen molar-refractivity contribution in [3.63, 3.8) is 0 Å². The molecule has 7 heteroatoms. The molecule has 0 unspecified atom stereocenters. The Morgan fingerprint density at radius 1 is 0.239 bits per heavy atom. The summed E-state index contributed by atoms with van der Waals surface area (Å²) in [5, 5.41) is 25.4. The summed E-state index contributed by atoms with van der Waals surface area (Å²) < 4.78 is 0. The Balaban J connectivity index is -0.000000441. The Hall–Kier alpha value is -1.18. The first-order chi connectivity index (χ1) is 32.3. The van der Waals surface area contributed by atoms with Gasteiger partial charge in [0.1, 0.15) is 0 Å². The Bertz CT molecular complexity index is 911. The molecule has 0 aromatic carbocycles. The van der Waals surface area contributed by atoms with E-state index in [1.807, 2.05) is 0 Å². The minimum absolute atomic E-state index is 0. The Morgan fingerprint density at radius 2 is 0.358 bits per heavy atom. The molecular weight excluding hydrogens is 956 g/mol. The van der Waals surface area contributed by atoms with Crippen LogP contribution in [0.3, 0.4) is 0 Å². The van der Waals surface area contributed by atoms with Gasteiger partial charge in [-0.2, -0.15) is 0 Å². The second-order valence-corrected chi connectivity index (χ2v) is 19.4. The molecular formula is C60H114LaO6. The second-order valence-electron chi connectivity index (χ2n) is 19.4. The van der Waals surface area contributed by atoms with Crippen molar-refractivity contribution >= 4 is 17.9 Å². The van der Waals surface area contributed by atoms with E-state index in [-0.39, 0.29) is 35.6 Å². The third kappa shape index (κ3) is 82.1. The fraction of sp³-hybridized carbons (Fsp3) is 0.850. The van der Waals surface area contributed by atoms with Gasteiger partial charge in [-0.3, -0.25) is 0 Å². The number of hydrogen-bond donors (Lipinski definition) is 3. The van der Waals surface area contributed by atoms with Gasteiger partial charge in [0.2, 0.25) is 0 Å². The second kappa shape index (κ2) is 69.1. The molecule has 0 atom stereocenters. The van der Waals surface area contributed by atoms with Crippen LogP contribution in [-0.2, 0) is 14.4 Å². The summed E-state index contributed by atoms with van der Waals surface area (Å²) in [5.74, 6) is -2.50. The number of hydrogen-bond acceptors (Lipinski definition) is 3. The zero-order chi connectivity index (χ0) is 48.9. The summed E-state index contributed by atoms with van der Waals surface area (Å²) in [6.07, 6.45) is 73.5. The van der Waals surface area contributed by atoms with E-state index >= 15 is 0 Å². The van der Waals surface area contributed by atoms with Gasteiger partial charge in [-0.15, -0.1) is 0 Å². The molecule has 0 rings (SSSR count). The van der Waals surface area contributed by atoms with Crippen molar-refractivity contribution < 1.29 is 65.3 Å². The maximum absolute atomic E-state index is 10.3. The molecule has 0 bridgehead atoms. The van der Waals surface area contributed by atoms with Crippen LogP contribution in [0.5, 0.6) is 0 Å². The summed E-state index contributed by atoms with van der Waals surface area (Å²) in [4.78, 5) is 30.8. The van der Waals surface area contributed by atoms with Crippen molar-refractivity contribution in [3.05, 3.63) is 36.5 Å². The monoisotopic (exact) mass is 1070 g/mol. The number of carboxylic acids is 3. The number of carboxylic acid groups (broad SMARTS) is 3. The van der Waals surface area contributed by atoms with E-state index in [1.165, 1.54) is 288 Å². The molecule has 0 aliphatic rings. The fourth-order valence-electron chi connectivity index (χ4n) is 8.45. The Labute approximate surface area is 445 Å². The van der Waals surface area contributed by atoms with Crippen LogP contribution in [0.15, 0.2) is 36.5 Å². The van der Waals surface area contributed by atoms with E-state index in [0.717, 1.165) is 38.5 Å². The van der Waals surface area contributed by atoms with Gasteiger partial charge in [-0.1, -0.05) is 309 Å². The first kappa shape index (κ1) is 72.4. The molecule has 0 amide bonds. The molecule has 0 heterocycles. The van der Waals surface area contributed by atoms with Crippen molar-refractivity contribution in [1.29, 1.82) is 0 Å². The zero-order valence-corrected chi connectivity index (χ0v) is 48.7. The summed E-state index contributed by atoms with van der Waals surface area (Å²) in [7, 11) is 0. The van der Waals surface area contributed by atoms with Gasteiger partial charge in [0.05, 0.1) is 0 Å². The number of carbonyl (C=O) groups is 3. The minimum Gasteiger partial charge on any atom is -0.478 e.